The fourth-order valence-electron chi connectivity index (χ4n) is 3.07. The first-order valence-electron chi connectivity index (χ1n) is 6.53. The molecule has 0 saturated carbocycles. The van der Waals surface area contributed by atoms with Crippen molar-refractivity contribution in [3.8, 4) is 0 Å². The van der Waals surface area contributed by atoms with E-state index in [1.165, 1.54) is 12.8 Å². The molecule has 2 saturated heterocycles. The van der Waals surface area contributed by atoms with Gasteiger partial charge in [0, 0.05) is 27.3 Å². The summed E-state index contributed by atoms with van der Waals surface area (Å²) in [7, 11) is 0. The lowest BCUT2D eigenvalue weighted by atomic mass is 9.99. The van der Waals surface area contributed by atoms with Crippen molar-refractivity contribution in [1.29, 1.82) is 0 Å². The minimum atomic E-state index is 0.0693. The monoisotopic (exact) mass is 356 g/mol. The summed E-state index contributed by atoms with van der Waals surface area (Å²) in [6.07, 6.45) is 4.68. The molecule has 96 valence electrons. The Morgan fingerprint density at radius 3 is 2.67 bits per heavy atom. The Bertz CT molecular complexity index is 451. The van der Waals surface area contributed by atoms with Gasteiger partial charge in [0.05, 0.1) is 0 Å². The molecule has 2 heterocycles. The molecule has 2 fully saturated rings. The quantitative estimate of drug-likeness (QED) is 0.799. The molecule has 2 atom stereocenters. The van der Waals surface area contributed by atoms with E-state index in [0.29, 0.717) is 18.1 Å². The summed E-state index contributed by atoms with van der Waals surface area (Å²) in [5.41, 5.74) is 0.771. The third-order valence-corrected chi connectivity index (χ3v) is 4.57. The fourth-order valence-corrected chi connectivity index (χ4v) is 3.62. The minimum Gasteiger partial charge on any atom is -0.349 e. The molecule has 0 spiro atoms. The topological polar surface area (TPSA) is 41.1 Å². The van der Waals surface area contributed by atoms with Crippen LogP contribution in [0.1, 0.15) is 36.0 Å². The van der Waals surface area contributed by atoms with Crippen molar-refractivity contribution in [2.24, 2.45) is 0 Å². The van der Waals surface area contributed by atoms with E-state index in [2.05, 4.69) is 33.2 Å². The zero-order valence-electron chi connectivity index (χ0n) is 10.2. The van der Waals surface area contributed by atoms with Crippen molar-refractivity contribution in [3.63, 3.8) is 0 Å². The van der Waals surface area contributed by atoms with Crippen molar-refractivity contribution >= 4 is 28.5 Å². The summed E-state index contributed by atoms with van der Waals surface area (Å²) >= 11 is 2.24. The summed E-state index contributed by atoms with van der Waals surface area (Å²) in [4.78, 5) is 12.2. The first kappa shape index (κ1) is 12.4. The molecule has 18 heavy (non-hydrogen) atoms. The molecule has 2 aliphatic rings. The van der Waals surface area contributed by atoms with E-state index < -0.39 is 0 Å². The van der Waals surface area contributed by atoms with Gasteiger partial charge in [-0.2, -0.15) is 0 Å². The maximum absolute atomic E-state index is 12.2. The number of piperidine rings is 1. The van der Waals surface area contributed by atoms with Crippen molar-refractivity contribution in [1.82, 2.24) is 10.6 Å². The van der Waals surface area contributed by atoms with Crippen LogP contribution in [-0.2, 0) is 0 Å². The number of hydrogen-bond donors (Lipinski definition) is 2. The number of nitrogens with one attached hydrogen (secondary N) is 2. The van der Waals surface area contributed by atoms with Gasteiger partial charge >= 0.3 is 0 Å². The van der Waals surface area contributed by atoms with Gasteiger partial charge < -0.3 is 10.6 Å². The van der Waals surface area contributed by atoms with Crippen LogP contribution in [0.5, 0.6) is 0 Å². The fraction of sp³-hybridized carbons (Fsp3) is 0.500. The first-order chi connectivity index (χ1) is 8.70. The molecule has 0 radical (unpaired) electrons. The van der Waals surface area contributed by atoms with E-state index in [0.717, 1.165) is 22.0 Å². The van der Waals surface area contributed by atoms with Gasteiger partial charge in [0.15, 0.2) is 0 Å². The van der Waals surface area contributed by atoms with Crippen LogP contribution in [0.3, 0.4) is 0 Å². The van der Waals surface area contributed by atoms with Gasteiger partial charge in [-0.3, -0.25) is 4.79 Å². The normalized spacial score (nSPS) is 30.2. The second-order valence-electron chi connectivity index (χ2n) is 5.29. The average molecular weight is 356 g/mol. The molecular weight excluding hydrogens is 339 g/mol. The summed E-state index contributed by atoms with van der Waals surface area (Å²) in [5.74, 6) is 0.0693. The van der Waals surface area contributed by atoms with E-state index in [4.69, 9.17) is 0 Å². The van der Waals surface area contributed by atoms with Crippen LogP contribution < -0.4 is 10.6 Å². The van der Waals surface area contributed by atoms with Crippen LogP contribution in [-0.4, -0.2) is 24.0 Å². The van der Waals surface area contributed by atoms with Crippen LogP contribution in [0, 0.1) is 3.57 Å². The highest BCUT2D eigenvalue weighted by atomic mass is 127. The SMILES string of the molecule is O=C(NC1CC2CCC(C1)N2)c1cccc(I)c1. The molecular formula is C14H17IN2O. The Labute approximate surface area is 121 Å². The summed E-state index contributed by atoms with van der Waals surface area (Å²) in [5, 5.41) is 6.77. The van der Waals surface area contributed by atoms with Gasteiger partial charge in [0.2, 0.25) is 0 Å². The summed E-state index contributed by atoms with van der Waals surface area (Å²) in [6.45, 7) is 0. The van der Waals surface area contributed by atoms with Crippen LogP contribution in [0.4, 0.5) is 0 Å². The van der Waals surface area contributed by atoms with Gasteiger partial charge in [-0.05, 0) is 66.5 Å². The highest BCUT2D eigenvalue weighted by Crippen LogP contribution is 2.26. The van der Waals surface area contributed by atoms with Crippen molar-refractivity contribution in [2.75, 3.05) is 0 Å². The van der Waals surface area contributed by atoms with Gasteiger partial charge in [-0.15, -0.1) is 0 Å². The van der Waals surface area contributed by atoms with E-state index in [9.17, 15) is 4.79 Å². The molecule has 0 aliphatic carbocycles. The van der Waals surface area contributed by atoms with Gasteiger partial charge in [0.25, 0.3) is 5.91 Å². The molecule has 1 amide bonds. The molecule has 2 N–H and O–H groups in total. The highest BCUT2D eigenvalue weighted by molar-refractivity contribution is 14.1. The molecule has 3 nitrogen and oxygen atoms in total. The van der Waals surface area contributed by atoms with Crippen molar-refractivity contribution in [3.05, 3.63) is 33.4 Å². The second kappa shape index (κ2) is 5.17. The number of amides is 1. The zero-order valence-corrected chi connectivity index (χ0v) is 12.3. The van der Waals surface area contributed by atoms with E-state index >= 15 is 0 Å². The minimum absolute atomic E-state index is 0.0693. The molecule has 1 aromatic carbocycles. The molecule has 2 unspecified atom stereocenters. The highest BCUT2D eigenvalue weighted by Gasteiger charge is 2.33. The largest absolute Gasteiger partial charge is 0.349 e. The number of fused-ring (bicyclic) bond motifs is 2. The van der Waals surface area contributed by atoms with Crippen LogP contribution >= 0.6 is 22.6 Å². The lowest BCUT2D eigenvalue weighted by Crippen LogP contribution is -2.48. The van der Waals surface area contributed by atoms with E-state index in [1.807, 2.05) is 24.3 Å². The van der Waals surface area contributed by atoms with Gasteiger partial charge in [-0.1, -0.05) is 6.07 Å². The Morgan fingerprint density at radius 2 is 2.00 bits per heavy atom. The number of hydrogen-bond acceptors (Lipinski definition) is 2. The van der Waals surface area contributed by atoms with Crippen LogP contribution in [0.2, 0.25) is 0 Å². The molecule has 0 aromatic heterocycles. The Balaban J connectivity index is 1.64. The smallest absolute Gasteiger partial charge is 0.251 e. The molecule has 1 aromatic rings. The Morgan fingerprint density at radius 1 is 1.28 bits per heavy atom. The predicted molar refractivity (Wildman–Crippen MR) is 79.6 cm³/mol. The second-order valence-corrected chi connectivity index (χ2v) is 6.54. The third kappa shape index (κ3) is 2.69. The van der Waals surface area contributed by atoms with Crippen LogP contribution in [0.15, 0.2) is 24.3 Å². The van der Waals surface area contributed by atoms with E-state index in [1.54, 1.807) is 0 Å². The van der Waals surface area contributed by atoms with Gasteiger partial charge in [0.1, 0.15) is 0 Å². The standard InChI is InChI=1S/C14H17IN2O/c15-10-3-1-2-9(6-10)14(18)17-13-7-11-4-5-12(8-13)16-11/h1-3,6,11-13,16H,4-5,7-8H2,(H,17,18). The maximum atomic E-state index is 12.2. The first-order valence-corrected chi connectivity index (χ1v) is 7.61. The zero-order chi connectivity index (χ0) is 12.5. The summed E-state index contributed by atoms with van der Waals surface area (Å²) in [6, 6.07) is 9.33. The number of carbonyl (C=O) groups excluding carboxylic acids is 1. The van der Waals surface area contributed by atoms with Crippen molar-refractivity contribution < 1.29 is 4.79 Å². The number of benzene rings is 1. The molecule has 3 rings (SSSR count). The maximum Gasteiger partial charge on any atom is 0.251 e. The van der Waals surface area contributed by atoms with Crippen LogP contribution in [0.25, 0.3) is 0 Å². The predicted octanol–water partition coefficient (Wildman–Crippen LogP) is 2.30. The van der Waals surface area contributed by atoms with Gasteiger partial charge in [-0.25, -0.2) is 0 Å². The van der Waals surface area contributed by atoms with Crippen molar-refractivity contribution in [2.45, 2.75) is 43.8 Å². The molecule has 2 aliphatic heterocycles. The molecule has 2 bridgehead atoms. The average Bonchev–Trinajstić information content (AvgIpc) is 2.69. The Kier molecular flexibility index (Phi) is 3.56. The third-order valence-electron chi connectivity index (χ3n) is 3.90. The Hall–Kier alpha value is -0.620. The summed E-state index contributed by atoms with van der Waals surface area (Å²) < 4.78 is 1.10. The number of halogens is 1. The number of carbonyl (C=O) groups is 1. The lowest BCUT2D eigenvalue weighted by molar-refractivity contribution is 0.0924. The molecule has 4 heteroatoms. The van der Waals surface area contributed by atoms with E-state index in [-0.39, 0.29) is 5.91 Å². The number of rotatable bonds is 2. The lowest BCUT2D eigenvalue weighted by Gasteiger charge is -2.29.